The molecule has 1 amide bonds. The maximum atomic E-state index is 13.7. The molecule has 0 saturated carbocycles. The summed E-state index contributed by atoms with van der Waals surface area (Å²) in [4.78, 5) is 40.5. The Bertz CT molecular complexity index is 1340. The van der Waals surface area contributed by atoms with Crippen LogP contribution in [0.3, 0.4) is 0 Å². The van der Waals surface area contributed by atoms with E-state index in [1.807, 2.05) is 61.5 Å². The number of anilines is 1. The predicted molar refractivity (Wildman–Crippen MR) is 136 cm³/mol. The van der Waals surface area contributed by atoms with Crippen molar-refractivity contribution in [2.45, 2.75) is 38.0 Å². The zero-order chi connectivity index (χ0) is 25.2. The molecular formula is C30H27NO5. The number of hydrogen-bond donors (Lipinski definition) is 1. The highest BCUT2D eigenvalue weighted by Gasteiger charge is 2.42. The molecule has 182 valence electrons. The van der Waals surface area contributed by atoms with E-state index in [0.717, 1.165) is 16.9 Å². The minimum atomic E-state index is -1.07. The molecule has 2 atom stereocenters. The van der Waals surface area contributed by atoms with Crippen molar-refractivity contribution in [3.05, 3.63) is 107 Å². The van der Waals surface area contributed by atoms with Crippen molar-refractivity contribution in [3.8, 4) is 5.75 Å². The molecule has 3 aromatic carbocycles. The van der Waals surface area contributed by atoms with Crippen molar-refractivity contribution >= 4 is 23.3 Å². The van der Waals surface area contributed by atoms with Gasteiger partial charge in [0.15, 0.2) is 5.78 Å². The SMILES string of the molecule is CCOc1ccc(C2CC(=O)N(c3cccc(C(=O)O)c3)C3=C2C(=O)CC(c2ccccc2)C3)cc1. The van der Waals surface area contributed by atoms with Gasteiger partial charge in [-0.1, -0.05) is 48.5 Å². The van der Waals surface area contributed by atoms with Crippen LogP contribution in [-0.2, 0) is 9.59 Å². The van der Waals surface area contributed by atoms with Gasteiger partial charge in [-0.25, -0.2) is 4.79 Å². The third kappa shape index (κ3) is 4.42. The molecule has 1 aliphatic heterocycles. The Kier molecular flexibility index (Phi) is 6.42. The molecule has 2 unspecified atom stereocenters. The molecular weight excluding hydrogens is 454 g/mol. The highest BCUT2D eigenvalue weighted by atomic mass is 16.5. The number of nitrogens with zero attached hydrogens (tertiary/aromatic N) is 1. The van der Waals surface area contributed by atoms with Gasteiger partial charge < -0.3 is 9.84 Å². The maximum Gasteiger partial charge on any atom is 0.335 e. The van der Waals surface area contributed by atoms with Crippen molar-refractivity contribution in [1.82, 2.24) is 0 Å². The summed E-state index contributed by atoms with van der Waals surface area (Å²) in [5.41, 5.74) is 3.82. The number of rotatable bonds is 6. The first-order valence-electron chi connectivity index (χ1n) is 12.2. The second-order valence-electron chi connectivity index (χ2n) is 9.14. The van der Waals surface area contributed by atoms with Gasteiger partial charge in [-0.05, 0) is 60.7 Å². The van der Waals surface area contributed by atoms with Gasteiger partial charge in [0.2, 0.25) is 5.91 Å². The number of benzene rings is 3. The number of allylic oxidation sites excluding steroid dienone is 2. The zero-order valence-corrected chi connectivity index (χ0v) is 20.0. The van der Waals surface area contributed by atoms with E-state index in [2.05, 4.69) is 0 Å². The summed E-state index contributed by atoms with van der Waals surface area (Å²) in [6.07, 6.45) is 1.01. The van der Waals surface area contributed by atoms with Crippen LogP contribution in [0.2, 0.25) is 0 Å². The number of Topliss-reactive ketones (excluding diaryl/α,β-unsaturated/α-hetero) is 1. The molecule has 0 aromatic heterocycles. The van der Waals surface area contributed by atoms with Crippen molar-refractivity contribution in [2.24, 2.45) is 0 Å². The number of ether oxygens (including phenoxy) is 1. The van der Waals surface area contributed by atoms with Gasteiger partial charge in [-0.3, -0.25) is 14.5 Å². The molecule has 0 spiro atoms. The van der Waals surface area contributed by atoms with E-state index in [0.29, 0.717) is 36.4 Å². The summed E-state index contributed by atoms with van der Waals surface area (Å²) in [6, 6.07) is 23.8. The molecule has 0 saturated heterocycles. The molecule has 1 aliphatic carbocycles. The van der Waals surface area contributed by atoms with Gasteiger partial charge in [0.1, 0.15) is 5.75 Å². The van der Waals surface area contributed by atoms with Crippen LogP contribution < -0.4 is 9.64 Å². The number of amides is 1. The number of carboxylic acids is 1. The third-order valence-corrected chi connectivity index (χ3v) is 6.95. The smallest absolute Gasteiger partial charge is 0.335 e. The van der Waals surface area contributed by atoms with Crippen molar-refractivity contribution < 1.29 is 24.2 Å². The average molecular weight is 482 g/mol. The quantitative estimate of drug-likeness (QED) is 0.488. The number of carbonyl (C=O) groups is 3. The first-order valence-corrected chi connectivity index (χ1v) is 12.2. The van der Waals surface area contributed by atoms with E-state index < -0.39 is 5.97 Å². The van der Waals surface area contributed by atoms with Crippen LogP contribution in [0.5, 0.6) is 5.75 Å². The molecule has 1 N–H and O–H groups in total. The third-order valence-electron chi connectivity index (χ3n) is 6.95. The molecule has 3 aromatic rings. The predicted octanol–water partition coefficient (Wildman–Crippen LogP) is 5.70. The Morgan fingerprint density at radius 2 is 1.67 bits per heavy atom. The topological polar surface area (TPSA) is 83.9 Å². The van der Waals surface area contributed by atoms with Crippen LogP contribution in [0.1, 0.15) is 59.5 Å². The number of carbonyl (C=O) groups excluding carboxylic acids is 2. The summed E-state index contributed by atoms with van der Waals surface area (Å²) in [7, 11) is 0. The van der Waals surface area contributed by atoms with Crippen LogP contribution in [0.15, 0.2) is 90.1 Å². The molecule has 2 aliphatic rings. The Morgan fingerprint density at radius 3 is 2.36 bits per heavy atom. The minimum Gasteiger partial charge on any atom is -0.494 e. The van der Waals surface area contributed by atoms with E-state index in [1.54, 1.807) is 17.0 Å². The van der Waals surface area contributed by atoms with Crippen LogP contribution in [0, 0.1) is 0 Å². The summed E-state index contributed by atoms with van der Waals surface area (Å²) in [6.45, 7) is 2.48. The van der Waals surface area contributed by atoms with Crippen LogP contribution >= 0.6 is 0 Å². The summed E-state index contributed by atoms with van der Waals surface area (Å²) in [5.74, 6) is -0.873. The standard InChI is InChI=1S/C30H27NO5/c1-2-36-24-13-11-20(12-14-24)25-18-28(33)31(23-10-6-9-21(15-23)30(34)35)26-16-22(17-27(32)29(25)26)19-7-4-3-5-8-19/h3-15,22,25H,2,16-18H2,1H3,(H,34,35). The van der Waals surface area contributed by atoms with Crippen LogP contribution in [-0.4, -0.2) is 29.4 Å². The Labute approximate surface area is 209 Å². The van der Waals surface area contributed by atoms with E-state index in [4.69, 9.17) is 4.74 Å². The Morgan fingerprint density at radius 1 is 0.917 bits per heavy atom. The van der Waals surface area contributed by atoms with Gasteiger partial charge >= 0.3 is 5.97 Å². The number of ketones is 1. The van der Waals surface area contributed by atoms with E-state index >= 15 is 0 Å². The summed E-state index contributed by atoms with van der Waals surface area (Å²) >= 11 is 0. The Balaban J connectivity index is 1.63. The normalized spacial score (nSPS) is 19.8. The molecule has 0 fully saturated rings. The number of hydrogen-bond acceptors (Lipinski definition) is 4. The molecule has 0 bridgehead atoms. The molecule has 5 rings (SSSR count). The maximum absolute atomic E-state index is 13.7. The fraction of sp³-hybridized carbons (Fsp3) is 0.233. The highest BCUT2D eigenvalue weighted by molar-refractivity contribution is 6.08. The largest absolute Gasteiger partial charge is 0.494 e. The highest BCUT2D eigenvalue weighted by Crippen LogP contribution is 2.47. The lowest BCUT2D eigenvalue weighted by molar-refractivity contribution is -0.120. The lowest BCUT2D eigenvalue weighted by Gasteiger charge is -2.40. The lowest BCUT2D eigenvalue weighted by Crippen LogP contribution is -2.41. The van der Waals surface area contributed by atoms with Crippen LogP contribution in [0.4, 0.5) is 5.69 Å². The Hall–Kier alpha value is -4.19. The van der Waals surface area contributed by atoms with E-state index in [-0.39, 0.29) is 35.5 Å². The van der Waals surface area contributed by atoms with Gasteiger partial charge in [0.05, 0.1) is 12.2 Å². The van der Waals surface area contributed by atoms with Crippen molar-refractivity contribution in [2.75, 3.05) is 11.5 Å². The summed E-state index contributed by atoms with van der Waals surface area (Å²) < 4.78 is 5.56. The van der Waals surface area contributed by atoms with Gasteiger partial charge in [-0.2, -0.15) is 0 Å². The van der Waals surface area contributed by atoms with Crippen LogP contribution in [0.25, 0.3) is 0 Å². The molecule has 6 nitrogen and oxygen atoms in total. The fourth-order valence-corrected chi connectivity index (χ4v) is 5.32. The number of aromatic carboxylic acids is 1. The average Bonchev–Trinajstić information content (AvgIpc) is 2.89. The van der Waals surface area contributed by atoms with Gasteiger partial charge in [0.25, 0.3) is 0 Å². The van der Waals surface area contributed by atoms with Gasteiger partial charge in [0, 0.05) is 35.7 Å². The molecule has 36 heavy (non-hydrogen) atoms. The first-order chi connectivity index (χ1) is 17.5. The second-order valence-corrected chi connectivity index (χ2v) is 9.14. The zero-order valence-electron chi connectivity index (χ0n) is 20.0. The molecule has 6 heteroatoms. The molecule has 0 radical (unpaired) electrons. The number of carboxylic acid groups (broad SMARTS) is 1. The molecule has 1 heterocycles. The van der Waals surface area contributed by atoms with Crippen molar-refractivity contribution in [3.63, 3.8) is 0 Å². The van der Waals surface area contributed by atoms with E-state index in [1.165, 1.54) is 12.1 Å². The fourth-order valence-electron chi connectivity index (χ4n) is 5.32. The first kappa shape index (κ1) is 23.5. The monoisotopic (exact) mass is 481 g/mol. The second kappa shape index (κ2) is 9.82. The van der Waals surface area contributed by atoms with Gasteiger partial charge in [-0.15, -0.1) is 0 Å². The lowest BCUT2D eigenvalue weighted by atomic mass is 9.72. The summed E-state index contributed by atoms with van der Waals surface area (Å²) in [5, 5.41) is 9.51. The minimum absolute atomic E-state index is 0.0240. The van der Waals surface area contributed by atoms with E-state index in [9.17, 15) is 19.5 Å². The van der Waals surface area contributed by atoms with Crippen molar-refractivity contribution in [1.29, 1.82) is 0 Å².